The normalized spacial score (nSPS) is 17.8. The van der Waals surface area contributed by atoms with Crippen molar-refractivity contribution in [2.75, 3.05) is 18.0 Å². The second-order valence-corrected chi connectivity index (χ2v) is 7.16. The summed E-state index contributed by atoms with van der Waals surface area (Å²) < 4.78 is 3.90. The fraction of sp³-hybridized carbons (Fsp3) is 0.500. The Balaban J connectivity index is 1.48. The Labute approximate surface area is 151 Å². The first kappa shape index (κ1) is 15.5. The first-order chi connectivity index (χ1) is 12.7. The standard InChI is InChI=1S/C18H22N8/c1-12-11-19-13(2)17-20-15(22-25(12)17)7-8-16-21-18(24-9-3-4-10-24)23-26(16)14-5-6-14/h7-8,11,14H,3-6,9-10H2,1-2H3/b8-7+. The fourth-order valence-corrected chi connectivity index (χ4v) is 3.41. The van der Waals surface area contributed by atoms with Crippen molar-refractivity contribution in [3.05, 3.63) is 29.2 Å². The molecule has 4 heterocycles. The number of hydrogen-bond acceptors (Lipinski definition) is 6. The molecule has 0 unspecified atom stereocenters. The monoisotopic (exact) mass is 350 g/mol. The lowest BCUT2D eigenvalue weighted by Gasteiger charge is -2.10. The Kier molecular flexibility index (Phi) is 3.51. The highest BCUT2D eigenvalue weighted by atomic mass is 15.4. The first-order valence-corrected chi connectivity index (χ1v) is 9.27. The van der Waals surface area contributed by atoms with Crippen LogP contribution in [-0.2, 0) is 0 Å². The average Bonchev–Trinajstić information content (AvgIpc) is 3.07. The average molecular weight is 350 g/mol. The third kappa shape index (κ3) is 2.65. The molecule has 0 bridgehead atoms. The Morgan fingerprint density at radius 3 is 2.58 bits per heavy atom. The Morgan fingerprint density at radius 2 is 1.85 bits per heavy atom. The zero-order chi connectivity index (χ0) is 17.7. The SMILES string of the molecule is Cc1ncc(C)n2nc(/C=C/c3nc(N4CCCC4)nn3C3CC3)nc12. The molecule has 26 heavy (non-hydrogen) atoms. The van der Waals surface area contributed by atoms with Crippen LogP contribution in [0.15, 0.2) is 6.20 Å². The van der Waals surface area contributed by atoms with Gasteiger partial charge in [-0.05, 0) is 51.7 Å². The summed E-state index contributed by atoms with van der Waals surface area (Å²) in [5.41, 5.74) is 2.64. The summed E-state index contributed by atoms with van der Waals surface area (Å²) in [6.45, 7) is 6.03. The minimum absolute atomic E-state index is 0.487. The van der Waals surface area contributed by atoms with Gasteiger partial charge in [-0.3, -0.25) is 4.98 Å². The molecule has 0 atom stereocenters. The zero-order valence-electron chi connectivity index (χ0n) is 15.1. The molecule has 1 saturated heterocycles. The van der Waals surface area contributed by atoms with E-state index in [0.29, 0.717) is 11.9 Å². The zero-order valence-corrected chi connectivity index (χ0v) is 15.1. The summed E-state index contributed by atoms with van der Waals surface area (Å²) in [6.07, 6.45) is 10.5. The number of aromatic nitrogens is 7. The number of nitrogens with zero attached hydrogens (tertiary/aromatic N) is 8. The molecule has 1 saturated carbocycles. The summed E-state index contributed by atoms with van der Waals surface area (Å²) in [5.74, 6) is 2.41. The van der Waals surface area contributed by atoms with Crippen LogP contribution in [0.3, 0.4) is 0 Å². The molecule has 3 aromatic heterocycles. The van der Waals surface area contributed by atoms with E-state index in [1.807, 2.05) is 36.7 Å². The molecule has 8 nitrogen and oxygen atoms in total. The fourth-order valence-electron chi connectivity index (χ4n) is 3.41. The van der Waals surface area contributed by atoms with E-state index >= 15 is 0 Å². The molecule has 2 aliphatic rings. The summed E-state index contributed by atoms with van der Waals surface area (Å²) in [7, 11) is 0. The van der Waals surface area contributed by atoms with Crippen molar-refractivity contribution in [1.29, 1.82) is 0 Å². The minimum atomic E-state index is 0.487. The van der Waals surface area contributed by atoms with E-state index in [2.05, 4.69) is 24.6 Å². The quantitative estimate of drug-likeness (QED) is 0.719. The van der Waals surface area contributed by atoms with Gasteiger partial charge in [-0.1, -0.05) is 0 Å². The van der Waals surface area contributed by atoms with Crippen molar-refractivity contribution in [3.63, 3.8) is 0 Å². The van der Waals surface area contributed by atoms with Crippen LogP contribution in [0.5, 0.6) is 0 Å². The van der Waals surface area contributed by atoms with Crippen LogP contribution in [0.4, 0.5) is 5.95 Å². The van der Waals surface area contributed by atoms with Gasteiger partial charge in [0.1, 0.15) is 0 Å². The Bertz CT molecular complexity index is 949. The number of fused-ring (bicyclic) bond motifs is 1. The molecular formula is C18H22N8. The molecule has 1 aliphatic heterocycles. The molecule has 0 aromatic carbocycles. The molecular weight excluding hydrogens is 328 g/mol. The summed E-state index contributed by atoms with van der Waals surface area (Å²) in [5, 5.41) is 9.34. The van der Waals surface area contributed by atoms with Gasteiger partial charge in [0.05, 0.1) is 17.4 Å². The third-order valence-electron chi connectivity index (χ3n) is 5.04. The van der Waals surface area contributed by atoms with E-state index in [9.17, 15) is 0 Å². The molecule has 3 aromatic rings. The predicted molar refractivity (Wildman–Crippen MR) is 98.9 cm³/mol. The van der Waals surface area contributed by atoms with E-state index in [4.69, 9.17) is 10.1 Å². The van der Waals surface area contributed by atoms with E-state index in [-0.39, 0.29) is 0 Å². The van der Waals surface area contributed by atoms with Gasteiger partial charge < -0.3 is 4.90 Å². The number of anilines is 1. The topological polar surface area (TPSA) is 77.0 Å². The van der Waals surface area contributed by atoms with E-state index in [0.717, 1.165) is 41.9 Å². The van der Waals surface area contributed by atoms with E-state index in [1.165, 1.54) is 25.7 Å². The van der Waals surface area contributed by atoms with Gasteiger partial charge in [0.15, 0.2) is 17.3 Å². The lowest BCUT2D eigenvalue weighted by Crippen LogP contribution is -2.19. The highest BCUT2D eigenvalue weighted by molar-refractivity contribution is 5.65. The van der Waals surface area contributed by atoms with Gasteiger partial charge in [-0.2, -0.15) is 4.98 Å². The smallest absolute Gasteiger partial charge is 0.245 e. The summed E-state index contributed by atoms with van der Waals surface area (Å²) in [4.78, 5) is 16.0. The second-order valence-electron chi connectivity index (χ2n) is 7.16. The van der Waals surface area contributed by atoms with Crippen LogP contribution < -0.4 is 4.90 Å². The van der Waals surface area contributed by atoms with Crippen LogP contribution in [0.2, 0.25) is 0 Å². The van der Waals surface area contributed by atoms with Crippen LogP contribution in [-0.4, -0.2) is 47.4 Å². The number of aryl methyl sites for hydroxylation is 2. The van der Waals surface area contributed by atoms with Crippen molar-refractivity contribution < 1.29 is 0 Å². The highest BCUT2D eigenvalue weighted by Crippen LogP contribution is 2.36. The van der Waals surface area contributed by atoms with Gasteiger partial charge in [0.25, 0.3) is 0 Å². The van der Waals surface area contributed by atoms with Crippen LogP contribution in [0.1, 0.15) is 54.8 Å². The highest BCUT2D eigenvalue weighted by Gasteiger charge is 2.29. The number of hydrogen-bond donors (Lipinski definition) is 0. The molecule has 0 spiro atoms. The van der Waals surface area contributed by atoms with Crippen LogP contribution >= 0.6 is 0 Å². The number of rotatable bonds is 4. The van der Waals surface area contributed by atoms with Crippen molar-refractivity contribution in [2.45, 2.75) is 45.6 Å². The third-order valence-corrected chi connectivity index (χ3v) is 5.04. The minimum Gasteiger partial charge on any atom is -0.340 e. The molecule has 2 fully saturated rings. The van der Waals surface area contributed by atoms with Gasteiger partial charge in [-0.15, -0.1) is 10.2 Å². The van der Waals surface area contributed by atoms with Gasteiger partial charge in [-0.25, -0.2) is 14.2 Å². The van der Waals surface area contributed by atoms with Gasteiger partial charge >= 0.3 is 0 Å². The molecule has 0 radical (unpaired) electrons. The Morgan fingerprint density at radius 1 is 1.04 bits per heavy atom. The lowest BCUT2D eigenvalue weighted by molar-refractivity contribution is 0.631. The first-order valence-electron chi connectivity index (χ1n) is 9.27. The molecule has 5 rings (SSSR count). The van der Waals surface area contributed by atoms with Crippen molar-refractivity contribution in [3.8, 4) is 0 Å². The molecule has 0 amide bonds. The summed E-state index contributed by atoms with van der Waals surface area (Å²) >= 11 is 0. The van der Waals surface area contributed by atoms with E-state index in [1.54, 1.807) is 0 Å². The van der Waals surface area contributed by atoms with Crippen LogP contribution in [0.25, 0.3) is 17.8 Å². The molecule has 8 heteroatoms. The maximum atomic E-state index is 4.77. The Hall–Kier alpha value is -2.77. The van der Waals surface area contributed by atoms with Crippen molar-refractivity contribution in [2.24, 2.45) is 0 Å². The maximum absolute atomic E-state index is 4.77. The second kappa shape index (κ2) is 5.89. The van der Waals surface area contributed by atoms with E-state index < -0.39 is 0 Å². The molecule has 134 valence electrons. The van der Waals surface area contributed by atoms with Crippen molar-refractivity contribution in [1.82, 2.24) is 34.3 Å². The van der Waals surface area contributed by atoms with Crippen LogP contribution in [0, 0.1) is 13.8 Å². The molecule has 0 N–H and O–H groups in total. The lowest BCUT2D eigenvalue weighted by atomic mass is 10.4. The predicted octanol–water partition coefficient (Wildman–Crippen LogP) is 2.44. The van der Waals surface area contributed by atoms with Gasteiger partial charge in [0.2, 0.25) is 5.95 Å². The summed E-state index contributed by atoms with van der Waals surface area (Å²) in [6, 6.07) is 0.487. The largest absolute Gasteiger partial charge is 0.340 e. The van der Waals surface area contributed by atoms with Crippen molar-refractivity contribution >= 4 is 23.7 Å². The molecule has 1 aliphatic carbocycles. The van der Waals surface area contributed by atoms with Gasteiger partial charge in [0, 0.05) is 19.3 Å². The maximum Gasteiger partial charge on any atom is 0.245 e.